The summed E-state index contributed by atoms with van der Waals surface area (Å²) in [6.45, 7) is 9.90. The Balaban J connectivity index is 1.35. The molecular formula is C21H33N5O3. The van der Waals surface area contributed by atoms with E-state index in [4.69, 9.17) is 4.74 Å². The third-order valence-electron chi connectivity index (χ3n) is 5.67. The van der Waals surface area contributed by atoms with E-state index in [0.29, 0.717) is 25.3 Å². The summed E-state index contributed by atoms with van der Waals surface area (Å²) in [6.07, 6.45) is 1.24. The topological polar surface area (TPSA) is 77.2 Å². The van der Waals surface area contributed by atoms with Gasteiger partial charge in [0.25, 0.3) is 0 Å². The second-order valence-electron chi connectivity index (χ2n) is 7.64. The van der Waals surface area contributed by atoms with Gasteiger partial charge in [-0.1, -0.05) is 13.0 Å². The standard InChI is InChI=1S/C21H33N5O3/c1-3-24-10-12-25(13-11-24)9-5-8-22-21(28)23-17-14-20(27)26(16-17)18-6-4-7-19(15-18)29-2/h4,6-7,15,17H,3,5,8-14,16H2,1-2H3,(H2,22,23,28). The largest absolute Gasteiger partial charge is 0.497 e. The fraction of sp³-hybridized carbons (Fsp3) is 0.619. The van der Waals surface area contributed by atoms with Gasteiger partial charge in [0.15, 0.2) is 0 Å². The van der Waals surface area contributed by atoms with Gasteiger partial charge in [0.05, 0.1) is 13.2 Å². The minimum atomic E-state index is -0.203. The van der Waals surface area contributed by atoms with Gasteiger partial charge in [-0.25, -0.2) is 4.79 Å². The molecule has 3 rings (SSSR count). The second kappa shape index (κ2) is 10.5. The third-order valence-corrected chi connectivity index (χ3v) is 5.67. The lowest BCUT2D eigenvalue weighted by molar-refractivity contribution is -0.117. The highest BCUT2D eigenvalue weighted by Gasteiger charge is 2.31. The maximum Gasteiger partial charge on any atom is 0.315 e. The maximum absolute atomic E-state index is 12.4. The van der Waals surface area contributed by atoms with Crippen molar-refractivity contribution in [2.45, 2.75) is 25.8 Å². The number of benzene rings is 1. The molecular weight excluding hydrogens is 370 g/mol. The lowest BCUT2D eigenvalue weighted by atomic mass is 10.2. The molecule has 8 nitrogen and oxygen atoms in total. The summed E-state index contributed by atoms with van der Waals surface area (Å²) < 4.78 is 5.23. The molecule has 0 bridgehead atoms. The average Bonchev–Trinajstić information content (AvgIpc) is 3.11. The van der Waals surface area contributed by atoms with Crippen molar-refractivity contribution < 1.29 is 14.3 Å². The number of carbonyl (C=O) groups is 2. The minimum Gasteiger partial charge on any atom is -0.497 e. The summed E-state index contributed by atoms with van der Waals surface area (Å²) in [5.41, 5.74) is 0.794. The van der Waals surface area contributed by atoms with Crippen molar-refractivity contribution in [3.63, 3.8) is 0 Å². The first-order chi connectivity index (χ1) is 14.1. The van der Waals surface area contributed by atoms with E-state index in [2.05, 4.69) is 27.4 Å². The van der Waals surface area contributed by atoms with E-state index < -0.39 is 0 Å². The normalized spacial score (nSPS) is 20.7. The molecule has 1 atom stereocenters. The van der Waals surface area contributed by atoms with Crippen molar-refractivity contribution in [1.82, 2.24) is 20.4 Å². The first-order valence-electron chi connectivity index (χ1n) is 10.5. The molecule has 1 aromatic carbocycles. The number of rotatable bonds is 8. The van der Waals surface area contributed by atoms with Gasteiger partial charge < -0.3 is 30.1 Å². The van der Waals surface area contributed by atoms with Crippen molar-refractivity contribution in [2.75, 3.05) is 64.4 Å². The zero-order chi connectivity index (χ0) is 20.6. The molecule has 0 spiro atoms. The van der Waals surface area contributed by atoms with Gasteiger partial charge in [-0.15, -0.1) is 0 Å². The smallest absolute Gasteiger partial charge is 0.315 e. The summed E-state index contributed by atoms with van der Waals surface area (Å²) in [6, 6.07) is 7.03. The van der Waals surface area contributed by atoms with Crippen LogP contribution in [0.4, 0.5) is 10.5 Å². The molecule has 0 saturated carbocycles. The van der Waals surface area contributed by atoms with E-state index in [1.807, 2.05) is 24.3 Å². The molecule has 2 aliphatic heterocycles. The number of urea groups is 1. The number of hydrogen-bond donors (Lipinski definition) is 2. The summed E-state index contributed by atoms with van der Waals surface area (Å²) in [7, 11) is 1.60. The Hall–Kier alpha value is -2.32. The molecule has 1 aromatic rings. The van der Waals surface area contributed by atoms with Gasteiger partial charge in [-0.05, 0) is 31.6 Å². The van der Waals surface area contributed by atoms with Crippen LogP contribution in [0, 0.1) is 0 Å². The number of likely N-dealkylation sites (N-methyl/N-ethyl adjacent to an activating group) is 1. The molecule has 1 unspecified atom stereocenters. The highest BCUT2D eigenvalue weighted by atomic mass is 16.5. The highest BCUT2D eigenvalue weighted by molar-refractivity contribution is 5.97. The zero-order valence-electron chi connectivity index (χ0n) is 17.5. The molecule has 160 valence electrons. The molecule has 2 N–H and O–H groups in total. The van der Waals surface area contributed by atoms with E-state index in [1.54, 1.807) is 12.0 Å². The van der Waals surface area contributed by atoms with E-state index in [-0.39, 0.29) is 18.0 Å². The van der Waals surface area contributed by atoms with Gasteiger partial charge in [-0.3, -0.25) is 4.79 Å². The van der Waals surface area contributed by atoms with Gasteiger partial charge >= 0.3 is 6.03 Å². The summed E-state index contributed by atoms with van der Waals surface area (Å²) in [4.78, 5) is 31.1. The number of nitrogens with one attached hydrogen (secondary N) is 2. The Morgan fingerprint density at radius 2 is 1.97 bits per heavy atom. The first kappa shape index (κ1) is 21.4. The number of anilines is 1. The van der Waals surface area contributed by atoms with Crippen LogP contribution in [-0.2, 0) is 4.79 Å². The molecule has 29 heavy (non-hydrogen) atoms. The van der Waals surface area contributed by atoms with Crippen LogP contribution in [0.15, 0.2) is 24.3 Å². The number of piperazine rings is 1. The SMILES string of the molecule is CCN1CCN(CCCNC(=O)NC2CC(=O)N(c3cccc(OC)c3)C2)CC1. The zero-order valence-corrected chi connectivity index (χ0v) is 17.5. The Morgan fingerprint density at radius 1 is 1.21 bits per heavy atom. The lowest BCUT2D eigenvalue weighted by Crippen LogP contribution is -2.47. The molecule has 2 heterocycles. The second-order valence-corrected chi connectivity index (χ2v) is 7.64. The van der Waals surface area contributed by atoms with Crippen LogP contribution in [0.25, 0.3) is 0 Å². The molecule has 2 fully saturated rings. The van der Waals surface area contributed by atoms with E-state index in [9.17, 15) is 9.59 Å². The lowest BCUT2D eigenvalue weighted by Gasteiger charge is -2.33. The van der Waals surface area contributed by atoms with Crippen LogP contribution >= 0.6 is 0 Å². The van der Waals surface area contributed by atoms with E-state index in [1.165, 1.54) is 0 Å². The monoisotopic (exact) mass is 403 g/mol. The van der Waals surface area contributed by atoms with Crippen molar-refractivity contribution in [1.29, 1.82) is 0 Å². The summed E-state index contributed by atoms with van der Waals surface area (Å²) in [5.74, 6) is 0.718. The van der Waals surface area contributed by atoms with Crippen LogP contribution in [-0.4, -0.2) is 87.2 Å². The molecule has 2 saturated heterocycles. The number of hydrogen-bond acceptors (Lipinski definition) is 5. The number of methoxy groups -OCH3 is 1. The predicted molar refractivity (Wildman–Crippen MR) is 113 cm³/mol. The summed E-state index contributed by atoms with van der Waals surface area (Å²) in [5, 5.41) is 5.85. The molecule has 3 amide bonds. The Bertz CT molecular complexity index is 691. The molecule has 0 aromatic heterocycles. The number of amides is 3. The van der Waals surface area contributed by atoms with Crippen molar-refractivity contribution in [2.24, 2.45) is 0 Å². The van der Waals surface area contributed by atoms with Crippen LogP contribution in [0.3, 0.4) is 0 Å². The van der Waals surface area contributed by atoms with Crippen LogP contribution in [0.1, 0.15) is 19.8 Å². The van der Waals surface area contributed by atoms with Crippen LogP contribution < -0.4 is 20.3 Å². The van der Waals surface area contributed by atoms with Crippen molar-refractivity contribution >= 4 is 17.6 Å². The maximum atomic E-state index is 12.4. The van der Waals surface area contributed by atoms with E-state index in [0.717, 1.165) is 51.4 Å². The Kier molecular flexibility index (Phi) is 7.71. The third kappa shape index (κ3) is 6.08. The molecule has 0 radical (unpaired) electrons. The molecule has 8 heteroatoms. The van der Waals surface area contributed by atoms with Crippen LogP contribution in [0.5, 0.6) is 5.75 Å². The fourth-order valence-electron chi connectivity index (χ4n) is 3.90. The van der Waals surface area contributed by atoms with Gasteiger partial charge in [0, 0.05) is 57.4 Å². The molecule has 2 aliphatic rings. The van der Waals surface area contributed by atoms with E-state index >= 15 is 0 Å². The first-order valence-corrected chi connectivity index (χ1v) is 10.5. The number of nitrogens with zero attached hydrogens (tertiary/aromatic N) is 3. The van der Waals surface area contributed by atoms with Gasteiger partial charge in [-0.2, -0.15) is 0 Å². The number of ether oxygens (including phenoxy) is 1. The number of carbonyl (C=O) groups excluding carboxylic acids is 2. The highest BCUT2D eigenvalue weighted by Crippen LogP contribution is 2.25. The van der Waals surface area contributed by atoms with Gasteiger partial charge in [0.1, 0.15) is 5.75 Å². The fourth-order valence-corrected chi connectivity index (χ4v) is 3.90. The minimum absolute atomic E-state index is 0.00905. The average molecular weight is 404 g/mol. The summed E-state index contributed by atoms with van der Waals surface area (Å²) >= 11 is 0. The predicted octanol–water partition coefficient (Wildman–Crippen LogP) is 1.13. The van der Waals surface area contributed by atoms with Crippen LogP contribution in [0.2, 0.25) is 0 Å². The van der Waals surface area contributed by atoms with Gasteiger partial charge in [0.2, 0.25) is 5.91 Å². The molecule has 0 aliphatic carbocycles. The Labute approximate surface area is 173 Å². The van der Waals surface area contributed by atoms with Crippen molar-refractivity contribution in [3.8, 4) is 5.75 Å². The quantitative estimate of drug-likeness (QED) is 0.637. The Morgan fingerprint density at radius 3 is 2.69 bits per heavy atom. The van der Waals surface area contributed by atoms with Crippen molar-refractivity contribution in [3.05, 3.63) is 24.3 Å².